The molecular formula is C16H24FNO. The van der Waals surface area contributed by atoms with Gasteiger partial charge in [0.1, 0.15) is 5.82 Å². The molecule has 0 aromatic heterocycles. The van der Waals surface area contributed by atoms with Gasteiger partial charge in [0.05, 0.1) is 12.2 Å². The topological polar surface area (TPSA) is 35.2 Å². The highest BCUT2D eigenvalue weighted by Gasteiger charge is 2.40. The lowest BCUT2D eigenvalue weighted by Gasteiger charge is -2.26. The minimum Gasteiger partial charge on any atom is -0.375 e. The van der Waals surface area contributed by atoms with Crippen LogP contribution in [0.3, 0.4) is 0 Å². The Balaban J connectivity index is 2.12. The van der Waals surface area contributed by atoms with Crippen molar-refractivity contribution in [1.29, 1.82) is 0 Å². The van der Waals surface area contributed by atoms with Crippen LogP contribution < -0.4 is 5.73 Å². The van der Waals surface area contributed by atoms with Crippen LogP contribution in [0.15, 0.2) is 18.2 Å². The van der Waals surface area contributed by atoms with Crippen LogP contribution in [0.5, 0.6) is 0 Å². The molecule has 0 spiro atoms. The van der Waals surface area contributed by atoms with Gasteiger partial charge in [-0.15, -0.1) is 0 Å². The average molecular weight is 265 g/mol. The molecule has 0 saturated carbocycles. The largest absolute Gasteiger partial charge is 0.375 e. The molecule has 1 fully saturated rings. The molecule has 1 aliphatic heterocycles. The van der Waals surface area contributed by atoms with Crippen LogP contribution in [-0.2, 0) is 11.2 Å². The van der Waals surface area contributed by atoms with Gasteiger partial charge in [0.15, 0.2) is 0 Å². The predicted octanol–water partition coefficient (Wildman–Crippen LogP) is 3.06. The smallest absolute Gasteiger partial charge is 0.123 e. The van der Waals surface area contributed by atoms with Gasteiger partial charge in [-0.2, -0.15) is 0 Å². The first kappa shape index (κ1) is 14.5. The summed E-state index contributed by atoms with van der Waals surface area (Å²) in [4.78, 5) is 0. The summed E-state index contributed by atoms with van der Waals surface area (Å²) in [7, 11) is 0. The molecule has 0 aliphatic carbocycles. The second kappa shape index (κ2) is 5.59. The quantitative estimate of drug-likeness (QED) is 0.911. The molecule has 2 rings (SSSR count). The third kappa shape index (κ3) is 2.98. The van der Waals surface area contributed by atoms with Crippen molar-refractivity contribution in [3.05, 3.63) is 35.1 Å². The molecule has 0 radical (unpaired) electrons. The fraction of sp³-hybridized carbons (Fsp3) is 0.625. The van der Waals surface area contributed by atoms with E-state index < -0.39 is 0 Å². The number of hydrogen-bond donors (Lipinski definition) is 1. The minimum atomic E-state index is -0.190. The Kier molecular flexibility index (Phi) is 4.26. The summed E-state index contributed by atoms with van der Waals surface area (Å²) in [5.74, 6) is 0.585. The average Bonchev–Trinajstić information content (AvgIpc) is 2.58. The molecule has 5 unspecified atom stereocenters. The highest BCUT2D eigenvalue weighted by Crippen LogP contribution is 2.35. The SMILES string of the molecule is Cc1ccc(F)cc1CC(N)C1C(C)OC(C)C1C. The van der Waals surface area contributed by atoms with Gasteiger partial charge in [0.2, 0.25) is 0 Å². The number of aryl methyl sites for hydroxylation is 1. The van der Waals surface area contributed by atoms with Gasteiger partial charge in [0.25, 0.3) is 0 Å². The van der Waals surface area contributed by atoms with Crippen LogP contribution in [0.2, 0.25) is 0 Å². The number of ether oxygens (including phenoxy) is 1. The van der Waals surface area contributed by atoms with E-state index in [2.05, 4.69) is 20.8 Å². The maximum absolute atomic E-state index is 13.3. The predicted molar refractivity (Wildman–Crippen MR) is 75.5 cm³/mol. The third-order valence-corrected chi connectivity index (χ3v) is 4.58. The number of rotatable bonds is 3. The Bertz CT molecular complexity index is 448. The standard InChI is InChI=1S/C16H24FNO/c1-9-5-6-14(17)7-13(9)8-15(18)16-10(2)11(3)19-12(16)4/h5-7,10-12,15-16H,8,18H2,1-4H3. The van der Waals surface area contributed by atoms with Crippen molar-refractivity contribution in [2.45, 2.75) is 52.4 Å². The van der Waals surface area contributed by atoms with Gasteiger partial charge in [0, 0.05) is 12.0 Å². The van der Waals surface area contributed by atoms with E-state index in [0.29, 0.717) is 18.3 Å². The van der Waals surface area contributed by atoms with Crippen molar-refractivity contribution in [1.82, 2.24) is 0 Å². The molecule has 1 saturated heterocycles. The van der Waals surface area contributed by atoms with E-state index in [-0.39, 0.29) is 24.1 Å². The monoisotopic (exact) mass is 265 g/mol. The molecule has 19 heavy (non-hydrogen) atoms. The summed E-state index contributed by atoms with van der Waals surface area (Å²) < 4.78 is 19.2. The summed E-state index contributed by atoms with van der Waals surface area (Å²) in [6, 6.07) is 4.92. The third-order valence-electron chi connectivity index (χ3n) is 4.58. The molecule has 1 aromatic carbocycles. The summed E-state index contributed by atoms with van der Waals surface area (Å²) in [5.41, 5.74) is 8.48. The molecule has 0 bridgehead atoms. The van der Waals surface area contributed by atoms with E-state index in [4.69, 9.17) is 10.5 Å². The van der Waals surface area contributed by atoms with E-state index in [9.17, 15) is 4.39 Å². The van der Waals surface area contributed by atoms with Crippen LogP contribution in [0, 0.1) is 24.6 Å². The van der Waals surface area contributed by atoms with Gasteiger partial charge < -0.3 is 10.5 Å². The Labute approximate surface area is 115 Å². The summed E-state index contributed by atoms with van der Waals surface area (Å²) >= 11 is 0. The highest BCUT2D eigenvalue weighted by atomic mass is 19.1. The van der Waals surface area contributed by atoms with Crippen LogP contribution in [-0.4, -0.2) is 18.2 Å². The molecule has 2 N–H and O–H groups in total. The lowest BCUT2D eigenvalue weighted by Crippen LogP contribution is -2.39. The second-order valence-electron chi connectivity index (χ2n) is 5.92. The first-order valence-electron chi connectivity index (χ1n) is 7.06. The molecular weight excluding hydrogens is 241 g/mol. The molecule has 1 aromatic rings. The molecule has 2 nitrogen and oxygen atoms in total. The first-order chi connectivity index (χ1) is 8.90. The van der Waals surface area contributed by atoms with E-state index >= 15 is 0 Å². The lowest BCUT2D eigenvalue weighted by atomic mass is 9.81. The minimum absolute atomic E-state index is 0.00968. The van der Waals surface area contributed by atoms with E-state index in [1.807, 2.05) is 13.0 Å². The molecule has 106 valence electrons. The summed E-state index contributed by atoms with van der Waals surface area (Å²) in [6.45, 7) is 8.38. The first-order valence-corrected chi connectivity index (χ1v) is 7.06. The Morgan fingerprint density at radius 3 is 2.53 bits per heavy atom. The number of hydrogen-bond acceptors (Lipinski definition) is 2. The number of halogens is 1. The zero-order valence-electron chi connectivity index (χ0n) is 12.2. The molecule has 3 heteroatoms. The number of benzene rings is 1. The van der Waals surface area contributed by atoms with Crippen molar-refractivity contribution in [3.8, 4) is 0 Å². The van der Waals surface area contributed by atoms with Crippen molar-refractivity contribution in [3.63, 3.8) is 0 Å². The Morgan fingerprint density at radius 2 is 1.95 bits per heavy atom. The van der Waals surface area contributed by atoms with Crippen LogP contribution in [0.4, 0.5) is 4.39 Å². The highest BCUT2D eigenvalue weighted by molar-refractivity contribution is 5.27. The van der Waals surface area contributed by atoms with Crippen LogP contribution >= 0.6 is 0 Å². The molecule has 0 amide bonds. The lowest BCUT2D eigenvalue weighted by molar-refractivity contribution is 0.0490. The fourth-order valence-corrected chi connectivity index (χ4v) is 3.28. The van der Waals surface area contributed by atoms with Gasteiger partial charge in [-0.1, -0.05) is 13.0 Å². The normalized spacial score (nSPS) is 32.5. The van der Waals surface area contributed by atoms with E-state index in [1.54, 1.807) is 6.07 Å². The zero-order chi connectivity index (χ0) is 14.2. The Morgan fingerprint density at radius 1 is 1.26 bits per heavy atom. The Hall–Kier alpha value is -0.930. The van der Waals surface area contributed by atoms with Crippen molar-refractivity contribution in [2.75, 3.05) is 0 Å². The molecule has 5 atom stereocenters. The van der Waals surface area contributed by atoms with Crippen molar-refractivity contribution >= 4 is 0 Å². The summed E-state index contributed by atoms with van der Waals surface area (Å²) in [5, 5.41) is 0. The molecule has 1 heterocycles. The summed E-state index contributed by atoms with van der Waals surface area (Å²) in [6.07, 6.45) is 1.13. The van der Waals surface area contributed by atoms with E-state index in [0.717, 1.165) is 11.1 Å². The van der Waals surface area contributed by atoms with Gasteiger partial charge >= 0.3 is 0 Å². The van der Waals surface area contributed by atoms with Gasteiger partial charge in [-0.05, 0) is 56.4 Å². The number of nitrogens with two attached hydrogens (primary N) is 1. The van der Waals surface area contributed by atoms with Crippen molar-refractivity contribution in [2.24, 2.45) is 17.6 Å². The van der Waals surface area contributed by atoms with Crippen LogP contribution in [0.1, 0.15) is 31.9 Å². The zero-order valence-corrected chi connectivity index (χ0v) is 12.2. The van der Waals surface area contributed by atoms with Crippen molar-refractivity contribution < 1.29 is 9.13 Å². The van der Waals surface area contributed by atoms with E-state index in [1.165, 1.54) is 6.07 Å². The van der Waals surface area contributed by atoms with Gasteiger partial charge in [-0.25, -0.2) is 4.39 Å². The maximum Gasteiger partial charge on any atom is 0.123 e. The second-order valence-corrected chi connectivity index (χ2v) is 5.92. The fourth-order valence-electron chi connectivity index (χ4n) is 3.28. The molecule has 1 aliphatic rings. The van der Waals surface area contributed by atoms with Crippen LogP contribution in [0.25, 0.3) is 0 Å². The maximum atomic E-state index is 13.3. The van der Waals surface area contributed by atoms with Gasteiger partial charge in [-0.3, -0.25) is 0 Å².